The van der Waals surface area contributed by atoms with E-state index in [1.54, 1.807) is 6.92 Å². The summed E-state index contributed by atoms with van der Waals surface area (Å²) in [5.41, 5.74) is 0. The number of hydrogen-bond donors (Lipinski definition) is 2. The van der Waals surface area contributed by atoms with E-state index in [-0.39, 0.29) is 18.8 Å². The molecule has 2 N–H and O–H groups in total. The second kappa shape index (κ2) is 5.75. The van der Waals surface area contributed by atoms with Crippen LogP contribution in [0.25, 0.3) is 0 Å². The Morgan fingerprint density at radius 1 is 1.67 bits per heavy atom. The van der Waals surface area contributed by atoms with E-state index in [2.05, 4.69) is 10.4 Å². The average Bonchev–Trinajstić information content (AvgIpc) is 2.74. The zero-order chi connectivity index (χ0) is 13.7. The van der Waals surface area contributed by atoms with Crippen LogP contribution >= 0.6 is 0 Å². The third kappa shape index (κ3) is 3.54. The fraction of sp³-hybridized carbons (Fsp3) is 0.444. The molecule has 0 fully saturated rings. The van der Waals surface area contributed by atoms with E-state index in [0.29, 0.717) is 0 Å². The number of nitrogens with zero attached hydrogens (tertiary/aromatic N) is 3. The second-order valence-electron chi connectivity index (χ2n) is 3.50. The Bertz CT molecular complexity index is 469. The number of rotatable bonds is 6. The lowest BCUT2D eigenvalue weighted by atomic mass is 10.2. The summed E-state index contributed by atoms with van der Waals surface area (Å²) in [6.07, 6.45) is 1.53. The van der Waals surface area contributed by atoms with Crippen molar-refractivity contribution in [3.8, 4) is 0 Å². The molecule has 18 heavy (non-hydrogen) atoms. The molecule has 0 aliphatic heterocycles. The second-order valence-corrected chi connectivity index (χ2v) is 3.50. The van der Waals surface area contributed by atoms with Gasteiger partial charge < -0.3 is 20.5 Å². The quantitative estimate of drug-likeness (QED) is 0.534. The van der Waals surface area contributed by atoms with Gasteiger partial charge in [-0.15, -0.1) is 0 Å². The van der Waals surface area contributed by atoms with E-state index < -0.39 is 22.8 Å². The molecule has 0 bridgehead atoms. The SMILES string of the molecule is CC[C@H](NC(=O)Cn1ccc([N+](=O)[O-])n1)C(=O)O. The number of amides is 1. The van der Waals surface area contributed by atoms with E-state index in [4.69, 9.17) is 5.11 Å². The van der Waals surface area contributed by atoms with Gasteiger partial charge in [0.1, 0.15) is 12.6 Å². The van der Waals surface area contributed by atoms with E-state index in [9.17, 15) is 19.7 Å². The average molecular weight is 256 g/mol. The highest BCUT2D eigenvalue weighted by Gasteiger charge is 2.19. The largest absolute Gasteiger partial charge is 0.480 e. The maximum absolute atomic E-state index is 11.5. The molecule has 1 atom stereocenters. The normalized spacial score (nSPS) is 11.8. The maximum atomic E-state index is 11.5. The molecular weight excluding hydrogens is 244 g/mol. The first-order valence-corrected chi connectivity index (χ1v) is 5.14. The summed E-state index contributed by atoms with van der Waals surface area (Å²) in [7, 11) is 0. The van der Waals surface area contributed by atoms with Gasteiger partial charge in [0.15, 0.2) is 0 Å². The van der Waals surface area contributed by atoms with Crippen LogP contribution in [0.2, 0.25) is 0 Å². The minimum atomic E-state index is -1.13. The summed E-state index contributed by atoms with van der Waals surface area (Å²) in [6.45, 7) is 1.36. The number of carboxylic acids is 1. The lowest BCUT2D eigenvalue weighted by Crippen LogP contribution is -2.41. The molecule has 1 aromatic rings. The van der Waals surface area contributed by atoms with E-state index in [0.717, 1.165) is 10.7 Å². The molecule has 0 aliphatic rings. The fourth-order valence-corrected chi connectivity index (χ4v) is 1.26. The third-order valence-corrected chi connectivity index (χ3v) is 2.16. The van der Waals surface area contributed by atoms with Crippen molar-refractivity contribution in [2.75, 3.05) is 0 Å². The molecule has 98 valence electrons. The predicted molar refractivity (Wildman–Crippen MR) is 58.7 cm³/mol. The highest BCUT2D eigenvalue weighted by atomic mass is 16.6. The smallest absolute Gasteiger partial charge is 0.389 e. The van der Waals surface area contributed by atoms with E-state index >= 15 is 0 Å². The summed E-state index contributed by atoms with van der Waals surface area (Å²) in [6, 6.07) is 0.185. The first-order valence-electron chi connectivity index (χ1n) is 5.14. The Hall–Kier alpha value is -2.45. The van der Waals surface area contributed by atoms with Crippen LogP contribution in [0.5, 0.6) is 0 Å². The summed E-state index contributed by atoms with van der Waals surface area (Å²) in [4.78, 5) is 31.8. The van der Waals surface area contributed by atoms with Gasteiger partial charge in [-0.2, -0.15) is 4.68 Å². The number of nitrogens with one attached hydrogen (secondary N) is 1. The molecule has 0 aromatic carbocycles. The van der Waals surface area contributed by atoms with Crippen molar-refractivity contribution in [2.45, 2.75) is 25.9 Å². The summed E-state index contributed by atoms with van der Waals surface area (Å²) in [5.74, 6) is -2.06. The van der Waals surface area contributed by atoms with Crippen LogP contribution in [0.3, 0.4) is 0 Å². The van der Waals surface area contributed by atoms with Crippen molar-refractivity contribution >= 4 is 17.7 Å². The van der Waals surface area contributed by atoms with Crippen molar-refractivity contribution in [3.05, 3.63) is 22.4 Å². The molecular formula is C9H12N4O5. The summed E-state index contributed by atoms with van der Waals surface area (Å²) >= 11 is 0. The molecule has 0 aliphatic carbocycles. The lowest BCUT2D eigenvalue weighted by molar-refractivity contribution is -0.389. The summed E-state index contributed by atoms with van der Waals surface area (Å²) < 4.78 is 1.07. The minimum Gasteiger partial charge on any atom is -0.480 e. The first-order chi connectivity index (χ1) is 8.43. The van der Waals surface area contributed by atoms with Crippen LogP contribution in [0.4, 0.5) is 5.82 Å². The monoisotopic (exact) mass is 256 g/mol. The van der Waals surface area contributed by atoms with Crippen LogP contribution in [0.15, 0.2) is 12.3 Å². The van der Waals surface area contributed by atoms with Gasteiger partial charge >= 0.3 is 11.8 Å². The van der Waals surface area contributed by atoms with Crippen molar-refractivity contribution in [1.29, 1.82) is 0 Å². The Labute approximate surface area is 102 Å². The van der Waals surface area contributed by atoms with Gasteiger partial charge in [-0.25, -0.2) is 4.79 Å². The first kappa shape index (κ1) is 13.6. The Morgan fingerprint density at radius 2 is 2.33 bits per heavy atom. The van der Waals surface area contributed by atoms with Crippen LogP contribution in [-0.4, -0.2) is 37.7 Å². The zero-order valence-corrected chi connectivity index (χ0v) is 9.57. The molecule has 9 heteroatoms. The highest BCUT2D eigenvalue weighted by molar-refractivity contribution is 5.83. The Balaban J connectivity index is 2.58. The van der Waals surface area contributed by atoms with E-state index in [1.165, 1.54) is 6.20 Å². The molecule has 1 aromatic heterocycles. The van der Waals surface area contributed by atoms with Crippen molar-refractivity contribution in [3.63, 3.8) is 0 Å². The molecule has 0 saturated carbocycles. The predicted octanol–water partition coefficient (Wildman–Crippen LogP) is -0.229. The van der Waals surface area contributed by atoms with Gasteiger partial charge in [-0.3, -0.25) is 4.79 Å². The van der Waals surface area contributed by atoms with Crippen molar-refractivity contribution in [2.24, 2.45) is 0 Å². The molecule has 0 saturated heterocycles. The molecule has 0 spiro atoms. The lowest BCUT2D eigenvalue weighted by Gasteiger charge is -2.11. The summed E-state index contributed by atoms with van der Waals surface area (Å²) in [5, 5.41) is 24.9. The maximum Gasteiger partial charge on any atom is 0.389 e. The molecule has 1 rings (SSSR count). The van der Waals surface area contributed by atoms with Gasteiger partial charge in [0.25, 0.3) is 0 Å². The number of carbonyl (C=O) groups excluding carboxylic acids is 1. The zero-order valence-electron chi connectivity index (χ0n) is 9.57. The van der Waals surface area contributed by atoms with Crippen LogP contribution in [-0.2, 0) is 16.1 Å². The van der Waals surface area contributed by atoms with Gasteiger partial charge in [-0.1, -0.05) is 6.92 Å². The van der Waals surface area contributed by atoms with Crippen LogP contribution in [0.1, 0.15) is 13.3 Å². The molecule has 0 unspecified atom stereocenters. The van der Waals surface area contributed by atoms with Crippen molar-refractivity contribution < 1.29 is 19.6 Å². The Morgan fingerprint density at radius 3 is 2.78 bits per heavy atom. The van der Waals surface area contributed by atoms with Gasteiger partial charge in [0.2, 0.25) is 5.91 Å². The van der Waals surface area contributed by atoms with Crippen LogP contribution in [0, 0.1) is 10.1 Å². The van der Waals surface area contributed by atoms with E-state index in [1.807, 2.05) is 0 Å². The minimum absolute atomic E-state index is 0.250. The number of aliphatic carboxylic acids is 1. The number of nitro groups is 1. The Kier molecular flexibility index (Phi) is 4.35. The molecule has 0 radical (unpaired) electrons. The van der Waals surface area contributed by atoms with Gasteiger partial charge in [-0.05, 0) is 11.3 Å². The number of aromatic nitrogens is 2. The van der Waals surface area contributed by atoms with Crippen molar-refractivity contribution in [1.82, 2.24) is 15.1 Å². The molecule has 1 amide bonds. The fourth-order valence-electron chi connectivity index (χ4n) is 1.26. The molecule has 1 heterocycles. The van der Waals surface area contributed by atoms with Gasteiger partial charge in [0.05, 0.1) is 17.4 Å². The number of hydrogen-bond acceptors (Lipinski definition) is 5. The van der Waals surface area contributed by atoms with Crippen LogP contribution < -0.4 is 5.32 Å². The number of carboxylic acid groups (broad SMARTS) is 1. The topological polar surface area (TPSA) is 127 Å². The van der Waals surface area contributed by atoms with Gasteiger partial charge in [0, 0.05) is 0 Å². The highest BCUT2D eigenvalue weighted by Crippen LogP contribution is 2.04. The molecule has 9 nitrogen and oxygen atoms in total. The number of carbonyl (C=O) groups is 2. The third-order valence-electron chi connectivity index (χ3n) is 2.16. The standard InChI is InChI=1S/C9H12N4O5/c1-2-6(9(15)16)10-8(14)5-12-4-3-7(11-12)13(17)18/h3-4,6H,2,5H2,1H3,(H,10,14)(H,15,16)/t6-/m0/s1.